The smallest absolute Gasteiger partial charge is 0.342 e. The SMILES string of the molecule is CCOC(=O)c1c(C)n(-c2ccc(-n3c(C)c(C(=O)OCC)c(=N)c(C#N)c3-c3ccccc3)cc2)c(-c2ccccc2)c(C#N)c1=N. The summed E-state index contributed by atoms with van der Waals surface area (Å²) in [6.07, 6.45) is 0. The van der Waals surface area contributed by atoms with Gasteiger partial charge in [0, 0.05) is 22.8 Å². The van der Waals surface area contributed by atoms with Crippen LogP contribution in [0.5, 0.6) is 0 Å². The van der Waals surface area contributed by atoms with Gasteiger partial charge >= 0.3 is 11.9 Å². The van der Waals surface area contributed by atoms with Crippen molar-refractivity contribution in [2.45, 2.75) is 27.7 Å². The molecule has 238 valence electrons. The van der Waals surface area contributed by atoms with E-state index in [1.165, 1.54) is 0 Å². The Kier molecular flexibility index (Phi) is 9.49. The fourth-order valence-electron chi connectivity index (χ4n) is 5.89. The van der Waals surface area contributed by atoms with Gasteiger partial charge in [-0.2, -0.15) is 10.5 Å². The maximum atomic E-state index is 13.1. The first-order valence-electron chi connectivity index (χ1n) is 15.2. The summed E-state index contributed by atoms with van der Waals surface area (Å²) in [5.41, 5.74) is 4.19. The number of pyridine rings is 2. The lowest BCUT2D eigenvalue weighted by molar-refractivity contribution is 0.0512. The number of hydrogen-bond acceptors (Lipinski definition) is 8. The Bertz CT molecular complexity index is 2100. The zero-order valence-electron chi connectivity index (χ0n) is 26.9. The van der Waals surface area contributed by atoms with E-state index in [9.17, 15) is 20.1 Å². The molecule has 0 saturated heterocycles. The number of nitrogens with zero attached hydrogens (tertiary/aromatic N) is 4. The van der Waals surface area contributed by atoms with Gasteiger partial charge in [0.15, 0.2) is 0 Å². The van der Waals surface area contributed by atoms with Crippen LogP contribution in [-0.4, -0.2) is 34.3 Å². The summed E-state index contributed by atoms with van der Waals surface area (Å²) in [6.45, 7) is 6.96. The maximum absolute atomic E-state index is 13.1. The molecule has 2 N–H and O–H groups in total. The maximum Gasteiger partial charge on any atom is 0.342 e. The molecule has 5 rings (SSSR count). The highest BCUT2D eigenvalue weighted by molar-refractivity contribution is 5.93. The van der Waals surface area contributed by atoms with E-state index in [1.807, 2.05) is 60.7 Å². The Balaban J connectivity index is 1.84. The third-order valence-electron chi connectivity index (χ3n) is 7.96. The van der Waals surface area contributed by atoms with Gasteiger partial charge in [0.1, 0.15) is 34.4 Å². The molecule has 0 atom stereocenters. The molecule has 2 heterocycles. The number of rotatable bonds is 8. The highest BCUT2D eigenvalue weighted by Gasteiger charge is 2.26. The molecule has 0 aliphatic heterocycles. The van der Waals surface area contributed by atoms with E-state index in [1.54, 1.807) is 61.1 Å². The van der Waals surface area contributed by atoms with Gasteiger partial charge in [0.25, 0.3) is 0 Å². The number of carbonyl (C=O) groups excluding carboxylic acids is 2. The van der Waals surface area contributed by atoms with Crippen LogP contribution >= 0.6 is 0 Å². The van der Waals surface area contributed by atoms with Gasteiger partial charge in [-0.3, -0.25) is 10.8 Å². The Morgan fingerprint density at radius 3 is 1.25 bits per heavy atom. The lowest BCUT2D eigenvalue weighted by atomic mass is 9.99. The molecule has 10 nitrogen and oxygen atoms in total. The topological polar surface area (TPSA) is 158 Å². The first-order valence-corrected chi connectivity index (χ1v) is 15.2. The molecule has 48 heavy (non-hydrogen) atoms. The van der Waals surface area contributed by atoms with Crippen molar-refractivity contribution in [2.24, 2.45) is 0 Å². The lowest BCUT2D eigenvalue weighted by Gasteiger charge is -2.24. The van der Waals surface area contributed by atoms with Crippen LogP contribution in [0.1, 0.15) is 57.1 Å². The first-order chi connectivity index (χ1) is 23.2. The van der Waals surface area contributed by atoms with Crippen LogP contribution in [0, 0.1) is 47.3 Å². The fraction of sp³-hybridized carbons (Fsp3) is 0.158. The minimum absolute atomic E-state index is 0.0132. The highest BCUT2D eigenvalue weighted by Crippen LogP contribution is 2.32. The second-order valence-corrected chi connectivity index (χ2v) is 10.7. The lowest BCUT2D eigenvalue weighted by Crippen LogP contribution is -2.27. The molecule has 0 aliphatic rings. The van der Waals surface area contributed by atoms with Crippen molar-refractivity contribution in [1.29, 1.82) is 21.3 Å². The van der Waals surface area contributed by atoms with Gasteiger partial charge in [0.2, 0.25) is 0 Å². The fourth-order valence-corrected chi connectivity index (χ4v) is 5.89. The molecule has 0 radical (unpaired) electrons. The van der Waals surface area contributed by atoms with E-state index in [4.69, 9.17) is 20.3 Å². The number of nitrogens with one attached hydrogen (secondary N) is 2. The minimum Gasteiger partial charge on any atom is -0.462 e. The van der Waals surface area contributed by atoms with Crippen LogP contribution < -0.4 is 10.7 Å². The van der Waals surface area contributed by atoms with Crippen molar-refractivity contribution in [3.05, 3.63) is 129 Å². The molecule has 0 amide bonds. The van der Waals surface area contributed by atoms with Gasteiger partial charge in [-0.05, 0) is 63.1 Å². The first kappa shape index (κ1) is 32.9. The quantitative estimate of drug-likeness (QED) is 0.191. The molecule has 3 aromatic carbocycles. The number of carbonyl (C=O) groups is 2. The molecular formula is C38H32N6O4. The predicted octanol–water partition coefficient (Wildman–Crippen LogP) is 6.27. The summed E-state index contributed by atoms with van der Waals surface area (Å²) in [4.78, 5) is 26.2. The van der Waals surface area contributed by atoms with Crippen molar-refractivity contribution < 1.29 is 19.1 Å². The summed E-state index contributed by atoms with van der Waals surface area (Å²) in [6, 6.07) is 29.8. The van der Waals surface area contributed by atoms with Crippen LogP contribution in [0.2, 0.25) is 0 Å². The zero-order chi connectivity index (χ0) is 34.5. The average Bonchev–Trinajstić information content (AvgIpc) is 3.09. The van der Waals surface area contributed by atoms with Gasteiger partial charge < -0.3 is 18.6 Å². The molecule has 5 aromatic rings. The van der Waals surface area contributed by atoms with E-state index in [-0.39, 0.29) is 46.2 Å². The molecule has 0 spiro atoms. The van der Waals surface area contributed by atoms with E-state index < -0.39 is 11.9 Å². The second-order valence-electron chi connectivity index (χ2n) is 10.7. The van der Waals surface area contributed by atoms with Gasteiger partial charge in [0.05, 0.1) is 35.3 Å². The van der Waals surface area contributed by atoms with Gasteiger partial charge in [-0.1, -0.05) is 60.7 Å². The standard InChI is InChI=1S/C38H32N6O4/c1-5-47-37(45)31-23(3)43(35(29(21-39)33(31)41)25-13-9-7-10-14-25)27-17-19-28(20-18-27)44-24(4)32(38(46)48-6-2)34(42)30(22-40)36(44)26-15-11-8-12-16-26/h7-20,41-42H,5-6H2,1-4H3. The van der Waals surface area contributed by atoms with Crippen LogP contribution in [-0.2, 0) is 9.47 Å². The van der Waals surface area contributed by atoms with Crippen LogP contribution in [0.3, 0.4) is 0 Å². The molecule has 0 bridgehead atoms. The molecule has 0 saturated carbocycles. The second kappa shape index (κ2) is 13.9. The van der Waals surface area contributed by atoms with E-state index in [2.05, 4.69) is 12.1 Å². The predicted molar refractivity (Wildman–Crippen MR) is 178 cm³/mol. The molecule has 0 unspecified atom stereocenters. The average molecular weight is 637 g/mol. The summed E-state index contributed by atoms with van der Waals surface area (Å²) in [5, 5.41) is 37.8. The number of ether oxygens (including phenoxy) is 2. The normalized spacial score (nSPS) is 10.5. The van der Waals surface area contributed by atoms with Gasteiger partial charge in [-0.15, -0.1) is 0 Å². The summed E-state index contributed by atoms with van der Waals surface area (Å²) >= 11 is 0. The number of hydrogen-bond donors (Lipinski definition) is 2. The molecule has 2 aromatic heterocycles. The number of aromatic nitrogens is 2. The number of esters is 2. The van der Waals surface area contributed by atoms with Crippen molar-refractivity contribution in [1.82, 2.24) is 9.13 Å². The van der Waals surface area contributed by atoms with E-state index >= 15 is 0 Å². The largest absolute Gasteiger partial charge is 0.462 e. The van der Waals surface area contributed by atoms with E-state index in [0.29, 0.717) is 45.3 Å². The number of nitriles is 2. The highest BCUT2D eigenvalue weighted by atomic mass is 16.5. The number of benzene rings is 3. The Morgan fingerprint density at radius 1 is 0.625 bits per heavy atom. The third-order valence-corrected chi connectivity index (χ3v) is 7.96. The molecular weight excluding hydrogens is 604 g/mol. The molecule has 10 heteroatoms. The van der Waals surface area contributed by atoms with E-state index in [0.717, 1.165) is 0 Å². The minimum atomic E-state index is -0.703. The summed E-state index contributed by atoms with van der Waals surface area (Å²) in [7, 11) is 0. The van der Waals surface area contributed by atoms with Crippen molar-refractivity contribution >= 4 is 11.9 Å². The monoisotopic (exact) mass is 636 g/mol. The van der Waals surface area contributed by atoms with Crippen molar-refractivity contribution in [3.63, 3.8) is 0 Å². The van der Waals surface area contributed by atoms with Crippen molar-refractivity contribution in [2.75, 3.05) is 13.2 Å². The Hall–Kier alpha value is -6.52. The van der Waals surface area contributed by atoms with Crippen molar-refractivity contribution in [3.8, 4) is 46.0 Å². The molecule has 0 aliphatic carbocycles. The zero-order valence-corrected chi connectivity index (χ0v) is 26.9. The van der Waals surface area contributed by atoms with Crippen LogP contribution in [0.25, 0.3) is 33.9 Å². The third kappa shape index (κ3) is 5.68. The summed E-state index contributed by atoms with van der Waals surface area (Å²) in [5.74, 6) is -1.41. The Labute approximate surface area is 277 Å². The summed E-state index contributed by atoms with van der Waals surface area (Å²) < 4.78 is 14.1. The Morgan fingerprint density at radius 2 is 0.958 bits per heavy atom. The van der Waals surface area contributed by atoms with Crippen LogP contribution in [0.15, 0.2) is 84.9 Å². The molecule has 0 fully saturated rings. The van der Waals surface area contributed by atoms with Gasteiger partial charge in [-0.25, -0.2) is 9.59 Å². The van der Waals surface area contributed by atoms with Crippen LogP contribution in [0.4, 0.5) is 0 Å².